The minimum Gasteiger partial charge on any atom is -0.501 e. The molecular weight excluding hydrogens is 233 g/mol. The molecule has 0 aromatic heterocycles. The summed E-state index contributed by atoms with van der Waals surface area (Å²) in [6.45, 7) is 1.82. The molecule has 0 unspecified atom stereocenters. The second-order valence-corrected chi connectivity index (χ2v) is 3.18. The number of ether oxygens (including phenoxy) is 1. The minimum atomic E-state index is -4.90. The predicted molar refractivity (Wildman–Crippen MR) is 57.1 cm³/mol. The van der Waals surface area contributed by atoms with E-state index < -0.39 is 17.5 Å². The van der Waals surface area contributed by atoms with Gasteiger partial charge in [-0.05, 0) is 12.5 Å². The Labute approximate surface area is 96.7 Å². The maximum atomic E-state index is 12.4. The van der Waals surface area contributed by atoms with Crippen molar-refractivity contribution in [3.05, 3.63) is 42.2 Å². The number of carbonyl (C=O) groups is 1. The van der Waals surface area contributed by atoms with E-state index >= 15 is 0 Å². The Bertz CT molecular complexity index is 408. The Morgan fingerprint density at radius 1 is 1.29 bits per heavy atom. The second-order valence-electron chi connectivity index (χ2n) is 3.18. The Kier molecular flexibility index (Phi) is 4.31. The third kappa shape index (κ3) is 3.62. The number of Topliss-reactive ketones (excluding diaryl/α,β-unsaturated/α-hetero) is 1. The summed E-state index contributed by atoms with van der Waals surface area (Å²) in [4.78, 5) is 11.2. The number of alkyl halides is 3. The lowest BCUT2D eigenvalue weighted by Gasteiger charge is -2.09. The normalized spacial score (nSPS) is 12.4. The molecular formula is C12H11F3O2. The van der Waals surface area contributed by atoms with Gasteiger partial charge in [-0.2, -0.15) is 13.2 Å². The van der Waals surface area contributed by atoms with Gasteiger partial charge in [-0.1, -0.05) is 30.3 Å². The molecule has 2 nitrogen and oxygen atoms in total. The average Bonchev–Trinajstić information content (AvgIpc) is 2.29. The van der Waals surface area contributed by atoms with Crippen LogP contribution in [0.15, 0.2) is 36.6 Å². The van der Waals surface area contributed by atoms with Gasteiger partial charge in [0.05, 0.1) is 18.4 Å². The number of carbonyl (C=O) groups excluding carboxylic acids is 1. The largest absolute Gasteiger partial charge is 0.501 e. The fraction of sp³-hybridized carbons (Fsp3) is 0.250. The van der Waals surface area contributed by atoms with Gasteiger partial charge in [-0.15, -0.1) is 0 Å². The first-order valence-corrected chi connectivity index (χ1v) is 4.95. The van der Waals surface area contributed by atoms with E-state index in [1.165, 1.54) is 12.1 Å². The van der Waals surface area contributed by atoms with Crippen LogP contribution in [0.4, 0.5) is 13.2 Å². The van der Waals surface area contributed by atoms with E-state index in [1.807, 2.05) is 0 Å². The number of allylic oxidation sites excluding steroid dienone is 1. The molecule has 92 valence electrons. The Morgan fingerprint density at radius 2 is 1.88 bits per heavy atom. The van der Waals surface area contributed by atoms with Crippen molar-refractivity contribution < 1.29 is 22.7 Å². The SMILES string of the molecule is CCO/C=C(/C(=O)C(F)(F)F)c1ccccc1. The fourth-order valence-corrected chi connectivity index (χ4v) is 1.19. The Hall–Kier alpha value is -1.78. The van der Waals surface area contributed by atoms with Crippen LogP contribution >= 0.6 is 0 Å². The lowest BCUT2D eigenvalue weighted by atomic mass is 10.0. The van der Waals surface area contributed by atoms with E-state index in [1.54, 1.807) is 25.1 Å². The summed E-state index contributed by atoms with van der Waals surface area (Å²) in [5, 5.41) is 0. The van der Waals surface area contributed by atoms with Crippen LogP contribution < -0.4 is 0 Å². The van der Waals surface area contributed by atoms with Crippen LogP contribution in [0, 0.1) is 0 Å². The van der Waals surface area contributed by atoms with Crippen LogP contribution in [0.25, 0.3) is 5.57 Å². The van der Waals surface area contributed by atoms with Gasteiger partial charge in [0.25, 0.3) is 5.78 Å². The lowest BCUT2D eigenvalue weighted by molar-refractivity contribution is -0.164. The van der Waals surface area contributed by atoms with E-state index in [2.05, 4.69) is 0 Å². The van der Waals surface area contributed by atoms with Crippen LogP contribution in [-0.4, -0.2) is 18.6 Å². The van der Waals surface area contributed by atoms with Crippen molar-refractivity contribution >= 4 is 11.4 Å². The summed E-state index contributed by atoms with van der Waals surface area (Å²) in [5.41, 5.74) is -0.303. The van der Waals surface area contributed by atoms with Gasteiger partial charge in [0.15, 0.2) is 0 Å². The lowest BCUT2D eigenvalue weighted by Crippen LogP contribution is -2.24. The molecule has 1 aromatic carbocycles. The van der Waals surface area contributed by atoms with Crippen LogP contribution in [-0.2, 0) is 9.53 Å². The van der Waals surface area contributed by atoms with E-state index in [9.17, 15) is 18.0 Å². The molecule has 0 saturated carbocycles. The first-order valence-electron chi connectivity index (χ1n) is 4.95. The zero-order valence-electron chi connectivity index (χ0n) is 9.12. The highest BCUT2D eigenvalue weighted by atomic mass is 19.4. The maximum Gasteiger partial charge on any atom is 0.455 e. The van der Waals surface area contributed by atoms with Crippen molar-refractivity contribution in [2.45, 2.75) is 13.1 Å². The molecule has 1 rings (SSSR count). The summed E-state index contributed by atoms with van der Waals surface area (Å²) in [5.74, 6) is -1.91. The summed E-state index contributed by atoms with van der Waals surface area (Å²) in [6.07, 6.45) is -4.05. The van der Waals surface area contributed by atoms with Crippen molar-refractivity contribution in [2.75, 3.05) is 6.61 Å². The highest BCUT2D eigenvalue weighted by Gasteiger charge is 2.41. The molecule has 0 fully saturated rings. The molecule has 1 aromatic rings. The van der Waals surface area contributed by atoms with Crippen LogP contribution in [0.1, 0.15) is 12.5 Å². The average molecular weight is 244 g/mol. The zero-order chi connectivity index (χ0) is 12.9. The van der Waals surface area contributed by atoms with Crippen molar-refractivity contribution in [2.24, 2.45) is 0 Å². The molecule has 0 bridgehead atoms. The third-order valence-corrected chi connectivity index (χ3v) is 1.95. The quantitative estimate of drug-likeness (QED) is 0.600. The number of hydrogen-bond acceptors (Lipinski definition) is 2. The first kappa shape index (κ1) is 13.3. The van der Waals surface area contributed by atoms with Gasteiger partial charge in [-0.3, -0.25) is 4.79 Å². The topological polar surface area (TPSA) is 26.3 Å². The molecule has 0 aliphatic carbocycles. The molecule has 0 heterocycles. The highest BCUT2D eigenvalue weighted by molar-refractivity contribution is 6.23. The molecule has 0 aliphatic heterocycles. The second kappa shape index (κ2) is 5.52. The van der Waals surface area contributed by atoms with Crippen molar-refractivity contribution in [3.63, 3.8) is 0 Å². The van der Waals surface area contributed by atoms with Gasteiger partial charge in [0, 0.05) is 0 Å². The van der Waals surface area contributed by atoms with Crippen molar-refractivity contribution in [1.29, 1.82) is 0 Å². The maximum absolute atomic E-state index is 12.4. The predicted octanol–water partition coefficient (Wildman–Crippen LogP) is 3.20. The highest BCUT2D eigenvalue weighted by Crippen LogP contribution is 2.26. The van der Waals surface area contributed by atoms with Crippen molar-refractivity contribution in [1.82, 2.24) is 0 Å². The molecule has 0 saturated heterocycles. The molecule has 0 amide bonds. The zero-order valence-corrected chi connectivity index (χ0v) is 9.12. The van der Waals surface area contributed by atoms with Gasteiger partial charge < -0.3 is 4.74 Å². The molecule has 0 aliphatic rings. The standard InChI is InChI=1S/C12H11F3O2/c1-2-17-8-10(11(16)12(13,14)15)9-6-4-3-5-7-9/h3-8H,2H2,1H3/b10-8+. The van der Waals surface area contributed by atoms with Crippen molar-refractivity contribution in [3.8, 4) is 0 Å². The number of halogens is 3. The fourth-order valence-electron chi connectivity index (χ4n) is 1.19. The molecule has 0 radical (unpaired) electrons. The molecule has 17 heavy (non-hydrogen) atoms. The van der Waals surface area contributed by atoms with Gasteiger partial charge in [-0.25, -0.2) is 0 Å². The van der Waals surface area contributed by atoms with Gasteiger partial charge in [0.2, 0.25) is 0 Å². The summed E-state index contributed by atoms with van der Waals surface area (Å²) >= 11 is 0. The monoisotopic (exact) mass is 244 g/mol. The summed E-state index contributed by atoms with van der Waals surface area (Å²) in [6, 6.07) is 7.61. The molecule has 0 N–H and O–H groups in total. The minimum absolute atomic E-state index is 0.184. The molecule has 0 spiro atoms. The number of rotatable bonds is 4. The third-order valence-electron chi connectivity index (χ3n) is 1.95. The van der Waals surface area contributed by atoms with E-state index in [0.29, 0.717) is 0 Å². The van der Waals surface area contributed by atoms with Crippen LogP contribution in [0.2, 0.25) is 0 Å². The van der Waals surface area contributed by atoms with Gasteiger partial charge in [0.1, 0.15) is 0 Å². The molecule has 0 atom stereocenters. The first-order chi connectivity index (χ1) is 7.96. The molecule has 5 heteroatoms. The summed E-state index contributed by atoms with van der Waals surface area (Å²) < 4.78 is 41.9. The van der Waals surface area contributed by atoms with E-state index in [0.717, 1.165) is 6.26 Å². The number of benzene rings is 1. The van der Waals surface area contributed by atoms with Crippen LogP contribution in [0.3, 0.4) is 0 Å². The van der Waals surface area contributed by atoms with Crippen LogP contribution in [0.5, 0.6) is 0 Å². The van der Waals surface area contributed by atoms with Gasteiger partial charge >= 0.3 is 6.18 Å². The summed E-state index contributed by atoms with van der Waals surface area (Å²) in [7, 11) is 0. The van der Waals surface area contributed by atoms with E-state index in [4.69, 9.17) is 4.74 Å². The smallest absolute Gasteiger partial charge is 0.455 e. The number of hydrogen-bond donors (Lipinski definition) is 0. The Balaban J connectivity index is 3.10. The van der Waals surface area contributed by atoms with E-state index in [-0.39, 0.29) is 12.2 Å². The number of ketones is 1. The Morgan fingerprint density at radius 3 is 2.35 bits per heavy atom.